The third-order valence-electron chi connectivity index (χ3n) is 5.30. The van der Waals surface area contributed by atoms with Crippen molar-refractivity contribution in [1.29, 1.82) is 0 Å². The van der Waals surface area contributed by atoms with Crippen LogP contribution in [0.1, 0.15) is 30.8 Å². The third kappa shape index (κ3) is 7.98. The maximum atomic E-state index is 9.56. The zero-order valence-corrected chi connectivity index (χ0v) is 23.7. The van der Waals surface area contributed by atoms with Crippen LogP contribution in [0.15, 0.2) is 49.1 Å². The molecule has 0 radical (unpaired) electrons. The van der Waals surface area contributed by atoms with Crippen molar-refractivity contribution < 1.29 is 19.4 Å². The molecular formula is C27H33N7O4S. The number of nitrogens with zero attached hydrogens (tertiary/aromatic N) is 6. The molecule has 0 saturated heterocycles. The van der Waals surface area contributed by atoms with Gasteiger partial charge in [-0.1, -0.05) is 13.0 Å². The summed E-state index contributed by atoms with van der Waals surface area (Å²) in [6, 6.07) is 7.66. The van der Waals surface area contributed by atoms with E-state index in [0.29, 0.717) is 35.4 Å². The van der Waals surface area contributed by atoms with Crippen molar-refractivity contribution in [3.63, 3.8) is 0 Å². The number of carbonyl (C=O) groups is 1. The van der Waals surface area contributed by atoms with Gasteiger partial charge in [0.15, 0.2) is 11.6 Å². The minimum Gasteiger partial charge on any atom is -0.494 e. The molecule has 0 aliphatic carbocycles. The highest BCUT2D eigenvalue weighted by Gasteiger charge is 2.23. The van der Waals surface area contributed by atoms with Gasteiger partial charge in [0.2, 0.25) is 5.95 Å². The lowest BCUT2D eigenvalue weighted by Crippen LogP contribution is -2.11. The van der Waals surface area contributed by atoms with E-state index in [1.807, 2.05) is 55.1 Å². The van der Waals surface area contributed by atoms with E-state index in [-0.39, 0.29) is 17.6 Å². The predicted molar refractivity (Wildman–Crippen MR) is 151 cm³/mol. The number of methoxy groups -OCH3 is 2. The Balaban J connectivity index is 0.000000771. The fourth-order valence-electron chi connectivity index (χ4n) is 3.46. The number of ketones is 1. The van der Waals surface area contributed by atoms with Crippen molar-refractivity contribution in [2.45, 2.75) is 39.4 Å². The van der Waals surface area contributed by atoms with E-state index >= 15 is 0 Å². The molecule has 0 aliphatic rings. The Hall–Kier alpha value is -4.03. The van der Waals surface area contributed by atoms with Crippen LogP contribution in [0.25, 0.3) is 17.1 Å². The van der Waals surface area contributed by atoms with E-state index in [1.54, 1.807) is 26.6 Å². The molecule has 4 aromatic rings. The molecule has 0 aliphatic heterocycles. The molecule has 11 nitrogen and oxygen atoms in total. The summed E-state index contributed by atoms with van der Waals surface area (Å²) in [6.45, 7) is 7.07. The SMILES string of the molecule is CC(=O)CO.COc1cccc(OC)c1-n1c(NSC(C)Cc2ncc(C)cn2)nnc1-c1cncc(C)c1. The summed E-state index contributed by atoms with van der Waals surface area (Å²) in [7, 11) is 3.25. The molecule has 0 saturated carbocycles. The highest BCUT2D eigenvalue weighted by Crippen LogP contribution is 2.38. The Labute approximate surface area is 232 Å². The summed E-state index contributed by atoms with van der Waals surface area (Å²) < 4.78 is 16.6. The van der Waals surface area contributed by atoms with Crippen LogP contribution in [0.3, 0.4) is 0 Å². The second-order valence-corrected chi connectivity index (χ2v) is 9.96. The van der Waals surface area contributed by atoms with Crippen molar-refractivity contribution in [3.05, 3.63) is 66.0 Å². The van der Waals surface area contributed by atoms with E-state index in [1.165, 1.54) is 18.9 Å². The quantitative estimate of drug-likeness (QED) is 0.277. The number of Topliss-reactive ketones (excluding diaryl/α,β-unsaturated/α-hetero) is 1. The lowest BCUT2D eigenvalue weighted by molar-refractivity contribution is -0.119. The van der Waals surface area contributed by atoms with Gasteiger partial charge in [-0.2, -0.15) is 0 Å². The van der Waals surface area contributed by atoms with Crippen molar-refractivity contribution in [1.82, 2.24) is 29.7 Å². The number of aryl methyl sites for hydroxylation is 2. The van der Waals surface area contributed by atoms with Crippen molar-refractivity contribution in [3.8, 4) is 28.6 Å². The smallest absolute Gasteiger partial charge is 0.239 e. The van der Waals surface area contributed by atoms with Crippen LogP contribution in [0, 0.1) is 13.8 Å². The van der Waals surface area contributed by atoms with Crippen LogP contribution >= 0.6 is 11.9 Å². The largest absolute Gasteiger partial charge is 0.494 e. The lowest BCUT2D eigenvalue weighted by atomic mass is 10.2. The molecule has 3 aromatic heterocycles. The summed E-state index contributed by atoms with van der Waals surface area (Å²) in [4.78, 5) is 22.7. The number of aromatic nitrogens is 6. The van der Waals surface area contributed by atoms with Crippen molar-refractivity contribution in [2.24, 2.45) is 0 Å². The Bertz CT molecular complexity index is 1360. The third-order valence-corrected chi connectivity index (χ3v) is 6.17. The lowest BCUT2D eigenvalue weighted by Gasteiger charge is -2.18. The molecule has 4 rings (SSSR count). The maximum absolute atomic E-state index is 9.56. The number of hydrogen-bond acceptors (Lipinski definition) is 11. The molecule has 3 heterocycles. The van der Waals surface area contributed by atoms with Crippen LogP contribution in [-0.4, -0.2) is 66.7 Å². The fraction of sp³-hybridized carbons (Fsp3) is 0.333. The number of rotatable bonds is 10. The molecule has 1 unspecified atom stereocenters. The van der Waals surface area contributed by atoms with Crippen LogP contribution < -0.4 is 14.2 Å². The average molecular weight is 552 g/mol. The molecule has 0 amide bonds. The minimum atomic E-state index is -0.333. The van der Waals surface area contributed by atoms with Gasteiger partial charge in [0.25, 0.3) is 0 Å². The number of para-hydroxylation sites is 1. The molecule has 1 atom stereocenters. The molecule has 0 spiro atoms. The molecule has 1 aromatic carbocycles. The van der Waals surface area contributed by atoms with Crippen molar-refractivity contribution >= 4 is 23.7 Å². The number of aliphatic hydroxyl groups is 1. The molecule has 12 heteroatoms. The summed E-state index contributed by atoms with van der Waals surface area (Å²) in [5, 5.41) is 16.9. The number of hydrogen-bond donors (Lipinski definition) is 2. The first-order chi connectivity index (χ1) is 18.8. The zero-order valence-electron chi connectivity index (χ0n) is 22.9. The first-order valence-electron chi connectivity index (χ1n) is 12.2. The van der Waals surface area contributed by atoms with Gasteiger partial charge in [0.05, 0.1) is 14.2 Å². The summed E-state index contributed by atoms with van der Waals surface area (Å²) in [5.41, 5.74) is 3.60. The highest BCUT2D eigenvalue weighted by molar-refractivity contribution is 8.01. The number of nitrogens with one attached hydrogen (secondary N) is 1. The van der Waals surface area contributed by atoms with Crippen LogP contribution in [0.4, 0.5) is 5.95 Å². The van der Waals surface area contributed by atoms with Gasteiger partial charge in [-0.3, -0.25) is 19.1 Å². The van der Waals surface area contributed by atoms with Crippen molar-refractivity contribution in [2.75, 3.05) is 25.5 Å². The topological polar surface area (TPSA) is 137 Å². The summed E-state index contributed by atoms with van der Waals surface area (Å²) in [6.07, 6.45) is 7.94. The zero-order chi connectivity index (χ0) is 28.4. The maximum Gasteiger partial charge on any atom is 0.239 e. The van der Waals surface area contributed by atoms with Gasteiger partial charge < -0.3 is 14.6 Å². The van der Waals surface area contributed by atoms with E-state index < -0.39 is 0 Å². The van der Waals surface area contributed by atoms with E-state index in [9.17, 15) is 4.79 Å². The Morgan fingerprint density at radius 3 is 2.26 bits per heavy atom. The second-order valence-electron chi connectivity index (χ2n) is 8.72. The van der Waals surface area contributed by atoms with E-state index in [4.69, 9.17) is 14.6 Å². The molecule has 206 valence electrons. The van der Waals surface area contributed by atoms with Gasteiger partial charge in [0, 0.05) is 42.0 Å². The van der Waals surface area contributed by atoms with Crippen LogP contribution in [-0.2, 0) is 11.2 Å². The van der Waals surface area contributed by atoms with Gasteiger partial charge in [-0.05, 0) is 62.0 Å². The van der Waals surface area contributed by atoms with Gasteiger partial charge in [0.1, 0.15) is 29.6 Å². The summed E-state index contributed by atoms with van der Waals surface area (Å²) >= 11 is 1.53. The first kappa shape index (κ1) is 29.5. The van der Waals surface area contributed by atoms with Gasteiger partial charge in [-0.15, -0.1) is 10.2 Å². The number of ether oxygens (including phenoxy) is 2. The normalized spacial score (nSPS) is 11.3. The fourth-order valence-corrected chi connectivity index (χ4v) is 4.13. The van der Waals surface area contributed by atoms with Crippen LogP contribution in [0.2, 0.25) is 0 Å². The van der Waals surface area contributed by atoms with E-state index in [0.717, 1.165) is 22.5 Å². The Morgan fingerprint density at radius 1 is 1.05 bits per heavy atom. The number of benzene rings is 1. The minimum absolute atomic E-state index is 0.177. The molecule has 0 bridgehead atoms. The average Bonchev–Trinajstić information content (AvgIpc) is 3.36. The van der Waals surface area contributed by atoms with Gasteiger partial charge in [-0.25, -0.2) is 9.97 Å². The molecule has 0 fully saturated rings. The highest BCUT2D eigenvalue weighted by atomic mass is 32.2. The molecular weight excluding hydrogens is 518 g/mol. The Morgan fingerprint density at radius 2 is 1.69 bits per heavy atom. The summed E-state index contributed by atoms with van der Waals surface area (Å²) in [5.74, 6) is 3.04. The number of pyridine rings is 1. The Kier molecular flexibility index (Phi) is 10.8. The number of carbonyl (C=O) groups excluding carboxylic acids is 1. The number of aliphatic hydroxyl groups excluding tert-OH is 1. The predicted octanol–water partition coefficient (Wildman–Crippen LogP) is 4.01. The molecule has 2 N–H and O–H groups in total. The molecule has 39 heavy (non-hydrogen) atoms. The van der Waals surface area contributed by atoms with Gasteiger partial charge >= 0.3 is 0 Å². The van der Waals surface area contributed by atoms with E-state index in [2.05, 4.69) is 36.8 Å². The standard InChI is InChI=1S/C24H27N7O2S.C3H6O2/c1-15-9-18(14-25-11-15)23-28-29-24(30-34-17(3)10-21-26-12-16(2)13-27-21)31(23)22-19(32-4)7-6-8-20(22)33-5;1-3(5)2-4/h6-9,11-14,17H,10H2,1-5H3,(H,29,30);4H,2H2,1H3. The monoisotopic (exact) mass is 551 g/mol. The van der Waals surface area contributed by atoms with Crippen LogP contribution in [0.5, 0.6) is 11.5 Å². The number of anilines is 1. The first-order valence-corrected chi connectivity index (χ1v) is 13.0. The second kappa shape index (κ2) is 14.2.